The Bertz CT molecular complexity index is 463. The first-order valence-electron chi connectivity index (χ1n) is 8.36. The highest BCUT2D eigenvalue weighted by Gasteiger charge is 2.31. The van der Waals surface area contributed by atoms with Crippen LogP contribution < -0.4 is 10.6 Å². The van der Waals surface area contributed by atoms with Crippen LogP contribution in [-0.4, -0.2) is 44.1 Å². The summed E-state index contributed by atoms with van der Waals surface area (Å²) >= 11 is 1.88. The van der Waals surface area contributed by atoms with E-state index in [1.54, 1.807) is 0 Å². The molecule has 0 spiro atoms. The minimum Gasteiger partial charge on any atom is -0.356 e. The smallest absolute Gasteiger partial charge is 0.191 e. The van der Waals surface area contributed by atoms with Gasteiger partial charge in [-0.3, -0.25) is 9.89 Å². The van der Waals surface area contributed by atoms with Gasteiger partial charge in [0, 0.05) is 30.6 Å². The topological polar surface area (TPSA) is 39.7 Å². The lowest BCUT2D eigenvalue weighted by Gasteiger charge is -2.39. The molecule has 2 heterocycles. The van der Waals surface area contributed by atoms with Crippen molar-refractivity contribution in [2.75, 3.05) is 27.2 Å². The maximum atomic E-state index is 4.35. The summed E-state index contributed by atoms with van der Waals surface area (Å²) in [6, 6.07) is 5.42. The zero-order chi connectivity index (χ0) is 15.9. The Balaban J connectivity index is 0.00000264. The Hall–Kier alpha value is -0.340. The number of halogens is 1. The van der Waals surface area contributed by atoms with Gasteiger partial charge >= 0.3 is 0 Å². The Morgan fingerprint density at radius 1 is 1.52 bits per heavy atom. The number of nitrogens with one attached hydrogen (secondary N) is 2. The van der Waals surface area contributed by atoms with Gasteiger partial charge in [0.05, 0.1) is 0 Å². The van der Waals surface area contributed by atoms with E-state index in [-0.39, 0.29) is 24.0 Å². The number of guanidine groups is 1. The lowest BCUT2D eigenvalue weighted by molar-refractivity contribution is 0.125. The fourth-order valence-corrected chi connectivity index (χ4v) is 4.12. The first-order chi connectivity index (χ1) is 10.7. The van der Waals surface area contributed by atoms with Crippen LogP contribution in [0.2, 0.25) is 0 Å². The van der Waals surface area contributed by atoms with Gasteiger partial charge in [-0.05, 0) is 57.1 Å². The molecule has 0 aliphatic carbocycles. The molecule has 4 nitrogen and oxygen atoms in total. The second-order valence-corrected chi connectivity index (χ2v) is 7.23. The summed E-state index contributed by atoms with van der Waals surface area (Å²) in [5.74, 6) is 1.56. The molecule has 1 fully saturated rings. The van der Waals surface area contributed by atoms with E-state index >= 15 is 0 Å². The van der Waals surface area contributed by atoms with Crippen LogP contribution in [-0.2, 0) is 0 Å². The van der Waals surface area contributed by atoms with Gasteiger partial charge in [-0.15, -0.1) is 35.3 Å². The van der Waals surface area contributed by atoms with Gasteiger partial charge in [-0.1, -0.05) is 13.0 Å². The summed E-state index contributed by atoms with van der Waals surface area (Å²) in [5, 5.41) is 9.16. The zero-order valence-corrected chi connectivity index (χ0v) is 17.9. The van der Waals surface area contributed by atoms with E-state index in [0.717, 1.165) is 18.9 Å². The highest BCUT2D eigenvalue weighted by molar-refractivity contribution is 14.0. The number of hydrogen-bond acceptors (Lipinski definition) is 3. The molecule has 3 atom stereocenters. The van der Waals surface area contributed by atoms with Crippen LogP contribution in [0.5, 0.6) is 0 Å². The minimum absolute atomic E-state index is 0. The quantitative estimate of drug-likeness (QED) is 0.408. The van der Waals surface area contributed by atoms with E-state index in [4.69, 9.17) is 0 Å². The standard InChI is InChI=1S/C17H30N4S.HI/c1-5-13(2)20-17(18-3)19-12-14-8-6-10-21(4)16(14)15-9-7-11-22-15;/h7,9,11,13-14,16H,5-6,8,10,12H2,1-4H3,(H2,18,19,20);1H. The predicted molar refractivity (Wildman–Crippen MR) is 112 cm³/mol. The van der Waals surface area contributed by atoms with Gasteiger partial charge in [0.1, 0.15) is 0 Å². The van der Waals surface area contributed by atoms with Crippen LogP contribution in [0.1, 0.15) is 44.0 Å². The van der Waals surface area contributed by atoms with Crippen molar-refractivity contribution >= 4 is 41.3 Å². The SMILES string of the molecule is CCC(C)NC(=NC)NCC1CCCN(C)C1c1cccs1.I. The van der Waals surface area contributed by atoms with Gasteiger partial charge in [0.15, 0.2) is 5.96 Å². The van der Waals surface area contributed by atoms with Crippen molar-refractivity contribution < 1.29 is 0 Å². The second-order valence-electron chi connectivity index (χ2n) is 6.25. The number of thiophene rings is 1. The molecule has 132 valence electrons. The van der Waals surface area contributed by atoms with Crippen molar-refractivity contribution in [1.82, 2.24) is 15.5 Å². The van der Waals surface area contributed by atoms with Gasteiger partial charge in [0.2, 0.25) is 0 Å². The molecule has 2 N–H and O–H groups in total. The number of likely N-dealkylation sites (tertiary alicyclic amines) is 1. The number of hydrogen-bond donors (Lipinski definition) is 2. The van der Waals surface area contributed by atoms with Crippen molar-refractivity contribution in [2.45, 2.75) is 45.2 Å². The number of piperidine rings is 1. The number of aliphatic imine (C=N–C) groups is 1. The lowest BCUT2D eigenvalue weighted by Crippen LogP contribution is -2.46. The summed E-state index contributed by atoms with van der Waals surface area (Å²) in [6.07, 6.45) is 3.66. The predicted octanol–water partition coefficient (Wildman–Crippen LogP) is 3.71. The van der Waals surface area contributed by atoms with Crippen LogP contribution in [0.4, 0.5) is 0 Å². The third-order valence-electron chi connectivity index (χ3n) is 4.59. The molecule has 23 heavy (non-hydrogen) atoms. The van der Waals surface area contributed by atoms with Gasteiger partial charge in [-0.25, -0.2) is 0 Å². The molecule has 1 aromatic heterocycles. The van der Waals surface area contributed by atoms with E-state index < -0.39 is 0 Å². The van der Waals surface area contributed by atoms with Crippen molar-refractivity contribution in [3.05, 3.63) is 22.4 Å². The summed E-state index contributed by atoms with van der Waals surface area (Å²) in [4.78, 5) is 8.34. The minimum atomic E-state index is 0. The molecule has 6 heteroatoms. The third-order valence-corrected chi connectivity index (χ3v) is 5.54. The lowest BCUT2D eigenvalue weighted by atomic mass is 9.88. The molecule has 1 aromatic rings. The summed E-state index contributed by atoms with van der Waals surface area (Å²) in [7, 11) is 4.10. The van der Waals surface area contributed by atoms with E-state index in [2.05, 4.69) is 58.9 Å². The Labute approximate surface area is 162 Å². The highest BCUT2D eigenvalue weighted by atomic mass is 127. The molecular formula is C17H31IN4S. The van der Waals surface area contributed by atoms with Crippen molar-refractivity contribution in [1.29, 1.82) is 0 Å². The maximum Gasteiger partial charge on any atom is 0.191 e. The summed E-state index contributed by atoms with van der Waals surface area (Å²) in [6.45, 7) is 6.55. The van der Waals surface area contributed by atoms with Gasteiger partial charge < -0.3 is 10.6 Å². The van der Waals surface area contributed by atoms with Crippen LogP contribution in [0.15, 0.2) is 22.5 Å². The van der Waals surface area contributed by atoms with Crippen LogP contribution >= 0.6 is 35.3 Å². The molecular weight excluding hydrogens is 419 g/mol. The van der Waals surface area contributed by atoms with E-state index in [0.29, 0.717) is 18.0 Å². The molecule has 1 saturated heterocycles. The Morgan fingerprint density at radius 3 is 2.91 bits per heavy atom. The van der Waals surface area contributed by atoms with E-state index in [1.165, 1.54) is 24.3 Å². The molecule has 2 rings (SSSR count). The summed E-state index contributed by atoms with van der Waals surface area (Å²) in [5.41, 5.74) is 0. The molecule has 0 amide bonds. The molecule has 1 aliphatic heterocycles. The largest absolute Gasteiger partial charge is 0.356 e. The average molecular weight is 450 g/mol. The second kappa shape index (κ2) is 10.5. The Morgan fingerprint density at radius 2 is 2.30 bits per heavy atom. The molecule has 0 saturated carbocycles. The third kappa shape index (κ3) is 5.90. The highest BCUT2D eigenvalue weighted by Crippen LogP contribution is 2.36. The van der Waals surface area contributed by atoms with Crippen molar-refractivity contribution in [2.24, 2.45) is 10.9 Å². The van der Waals surface area contributed by atoms with Crippen molar-refractivity contribution in [3.8, 4) is 0 Å². The van der Waals surface area contributed by atoms with Crippen LogP contribution in [0, 0.1) is 5.92 Å². The number of rotatable bonds is 5. The first kappa shape index (κ1) is 20.7. The first-order valence-corrected chi connectivity index (χ1v) is 9.24. The Kier molecular flexibility index (Phi) is 9.46. The summed E-state index contributed by atoms with van der Waals surface area (Å²) < 4.78 is 0. The van der Waals surface area contributed by atoms with Crippen LogP contribution in [0.25, 0.3) is 0 Å². The normalized spacial score (nSPS) is 23.9. The molecule has 3 unspecified atom stereocenters. The molecule has 0 bridgehead atoms. The monoisotopic (exact) mass is 450 g/mol. The van der Waals surface area contributed by atoms with Crippen LogP contribution in [0.3, 0.4) is 0 Å². The van der Waals surface area contributed by atoms with Gasteiger partial charge in [0.25, 0.3) is 0 Å². The van der Waals surface area contributed by atoms with Crippen molar-refractivity contribution in [3.63, 3.8) is 0 Å². The van der Waals surface area contributed by atoms with E-state index in [9.17, 15) is 0 Å². The molecule has 1 aliphatic rings. The number of nitrogens with zero attached hydrogens (tertiary/aromatic N) is 2. The molecule has 0 aromatic carbocycles. The van der Waals surface area contributed by atoms with Gasteiger partial charge in [-0.2, -0.15) is 0 Å². The molecule has 0 radical (unpaired) electrons. The average Bonchev–Trinajstić information content (AvgIpc) is 3.05. The van der Waals surface area contributed by atoms with E-state index in [1.807, 2.05) is 18.4 Å². The fraction of sp³-hybridized carbons (Fsp3) is 0.706. The fourth-order valence-electron chi connectivity index (χ4n) is 3.14. The zero-order valence-electron chi connectivity index (χ0n) is 14.7. The maximum absolute atomic E-state index is 4.35.